The lowest BCUT2D eigenvalue weighted by molar-refractivity contribution is 0.104. The summed E-state index contributed by atoms with van der Waals surface area (Å²) >= 11 is 0. The quantitative estimate of drug-likeness (QED) is 0.565. The van der Waals surface area contributed by atoms with E-state index < -0.39 is 0 Å². The molecule has 0 aromatic heterocycles. The van der Waals surface area contributed by atoms with Crippen molar-refractivity contribution in [3.05, 3.63) is 58.1 Å². The summed E-state index contributed by atoms with van der Waals surface area (Å²) in [5.74, 6) is 0.168. The molecule has 0 bridgehead atoms. The smallest absolute Gasteiger partial charge is 0.194 e. The van der Waals surface area contributed by atoms with Crippen LogP contribution < -0.4 is 0 Å². The maximum Gasteiger partial charge on any atom is 0.194 e. The molecular weight excluding hydrogens is 208 g/mol. The molecule has 0 aliphatic heterocycles. The number of carbonyl (C=O) groups is 1. The predicted octanol–water partition coefficient (Wildman–Crippen LogP) is 3.82. The van der Waals surface area contributed by atoms with Crippen molar-refractivity contribution >= 4 is 5.78 Å². The molecule has 0 radical (unpaired) electrons. The number of rotatable bonds is 0. The summed E-state index contributed by atoms with van der Waals surface area (Å²) in [6.45, 7) is 6.21. The van der Waals surface area contributed by atoms with Crippen molar-refractivity contribution in [1.29, 1.82) is 0 Å². The summed E-state index contributed by atoms with van der Waals surface area (Å²) in [6, 6.07) is 10.1. The number of fused-ring (bicyclic) bond motifs is 3. The van der Waals surface area contributed by atoms with Crippen LogP contribution in [-0.4, -0.2) is 5.78 Å². The molecule has 0 atom stereocenters. The lowest BCUT2D eigenvalue weighted by Crippen LogP contribution is -1.96. The molecule has 1 aliphatic rings. The molecule has 0 unspecified atom stereocenters. The van der Waals surface area contributed by atoms with E-state index in [1.54, 1.807) is 0 Å². The summed E-state index contributed by atoms with van der Waals surface area (Å²) in [7, 11) is 0. The fourth-order valence-electron chi connectivity index (χ4n) is 2.56. The van der Waals surface area contributed by atoms with Crippen molar-refractivity contribution in [3.8, 4) is 11.1 Å². The van der Waals surface area contributed by atoms with Gasteiger partial charge < -0.3 is 0 Å². The zero-order valence-corrected chi connectivity index (χ0v) is 10.3. The van der Waals surface area contributed by atoms with Crippen LogP contribution in [0.3, 0.4) is 0 Å². The first-order valence-corrected chi connectivity index (χ1v) is 5.85. The van der Waals surface area contributed by atoms with Gasteiger partial charge in [0.05, 0.1) is 0 Å². The van der Waals surface area contributed by atoms with Gasteiger partial charge >= 0.3 is 0 Å². The van der Waals surface area contributed by atoms with Gasteiger partial charge in [0.1, 0.15) is 0 Å². The van der Waals surface area contributed by atoms with E-state index in [0.29, 0.717) is 0 Å². The molecule has 0 fully saturated rings. The Morgan fingerprint density at radius 1 is 0.824 bits per heavy atom. The molecule has 0 amide bonds. The maximum absolute atomic E-state index is 12.3. The average molecular weight is 222 g/mol. The van der Waals surface area contributed by atoms with Gasteiger partial charge in [0.25, 0.3) is 0 Å². The van der Waals surface area contributed by atoms with E-state index in [9.17, 15) is 4.79 Å². The molecule has 84 valence electrons. The Bertz CT molecular complexity index is 651. The van der Waals surface area contributed by atoms with Crippen LogP contribution in [0.5, 0.6) is 0 Å². The van der Waals surface area contributed by atoms with Crippen LogP contribution in [0.2, 0.25) is 0 Å². The highest BCUT2D eigenvalue weighted by molar-refractivity contribution is 6.22. The second-order valence-corrected chi connectivity index (χ2v) is 4.81. The van der Waals surface area contributed by atoms with E-state index in [4.69, 9.17) is 0 Å². The summed E-state index contributed by atoms with van der Waals surface area (Å²) in [6.07, 6.45) is 0. The molecule has 1 heteroatoms. The molecule has 1 aliphatic carbocycles. The largest absolute Gasteiger partial charge is 0.289 e. The lowest BCUT2D eigenvalue weighted by atomic mass is 9.96. The minimum absolute atomic E-state index is 0.168. The molecule has 0 saturated heterocycles. The molecule has 0 N–H and O–H groups in total. The molecule has 1 nitrogen and oxygen atoms in total. The second kappa shape index (κ2) is 3.30. The Morgan fingerprint density at radius 3 is 2.29 bits per heavy atom. The van der Waals surface area contributed by atoms with Crippen LogP contribution >= 0.6 is 0 Å². The molecule has 2 aromatic carbocycles. The van der Waals surface area contributed by atoms with Crippen LogP contribution in [0.1, 0.15) is 32.6 Å². The van der Waals surface area contributed by atoms with E-state index in [0.717, 1.165) is 27.8 Å². The van der Waals surface area contributed by atoms with Crippen molar-refractivity contribution in [2.45, 2.75) is 20.8 Å². The molecule has 17 heavy (non-hydrogen) atoms. The highest BCUT2D eigenvalue weighted by atomic mass is 16.1. The number of hydrogen-bond donors (Lipinski definition) is 0. The highest BCUT2D eigenvalue weighted by Gasteiger charge is 2.28. The average Bonchev–Trinajstić information content (AvgIpc) is 2.58. The highest BCUT2D eigenvalue weighted by Crippen LogP contribution is 2.39. The van der Waals surface area contributed by atoms with E-state index in [1.165, 1.54) is 11.1 Å². The third-order valence-corrected chi connectivity index (χ3v) is 3.67. The Morgan fingerprint density at radius 2 is 1.53 bits per heavy atom. The Labute approximate surface area is 101 Å². The van der Waals surface area contributed by atoms with Gasteiger partial charge in [0.15, 0.2) is 5.78 Å². The van der Waals surface area contributed by atoms with Crippen LogP contribution in [0.4, 0.5) is 0 Å². The topological polar surface area (TPSA) is 17.1 Å². The van der Waals surface area contributed by atoms with Gasteiger partial charge in [-0.3, -0.25) is 4.79 Å². The summed E-state index contributed by atoms with van der Waals surface area (Å²) in [5.41, 5.74) is 7.53. The number of aryl methyl sites for hydroxylation is 2. The molecule has 0 spiro atoms. The zero-order chi connectivity index (χ0) is 12.2. The summed E-state index contributed by atoms with van der Waals surface area (Å²) in [5, 5.41) is 0. The standard InChI is InChI=1S/C16H14O/c1-9-4-6-12-14(8-9)16(17)13-7-5-10(2)11(3)15(12)13/h4-8H,1-3H3. The molecule has 2 aromatic rings. The first kappa shape index (κ1) is 10.3. The third kappa shape index (κ3) is 1.29. The van der Waals surface area contributed by atoms with Crippen molar-refractivity contribution in [1.82, 2.24) is 0 Å². The zero-order valence-electron chi connectivity index (χ0n) is 10.3. The van der Waals surface area contributed by atoms with Crippen molar-refractivity contribution < 1.29 is 4.79 Å². The van der Waals surface area contributed by atoms with E-state index in [2.05, 4.69) is 26.0 Å². The Hall–Kier alpha value is -1.89. The van der Waals surface area contributed by atoms with Gasteiger partial charge in [-0.25, -0.2) is 0 Å². The molecular formula is C16H14O. The fraction of sp³-hybridized carbons (Fsp3) is 0.188. The van der Waals surface area contributed by atoms with Crippen LogP contribution in [0, 0.1) is 20.8 Å². The van der Waals surface area contributed by atoms with E-state index in [1.807, 2.05) is 25.1 Å². The minimum Gasteiger partial charge on any atom is -0.289 e. The van der Waals surface area contributed by atoms with Gasteiger partial charge in [-0.1, -0.05) is 29.8 Å². The maximum atomic E-state index is 12.3. The van der Waals surface area contributed by atoms with Gasteiger partial charge in [-0.05, 0) is 49.1 Å². The van der Waals surface area contributed by atoms with E-state index in [-0.39, 0.29) is 5.78 Å². The predicted molar refractivity (Wildman–Crippen MR) is 69.5 cm³/mol. The minimum atomic E-state index is 0.168. The van der Waals surface area contributed by atoms with Crippen molar-refractivity contribution in [2.75, 3.05) is 0 Å². The number of ketones is 1. The second-order valence-electron chi connectivity index (χ2n) is 4.81. The van der Waals surface area contributed by atoms with Gasteiger partial charge in [0.2, 0.25) is 0 Å². The van der Waals surface area contributed by atoms with Crippen LogP contribution in [-0.2, 0) is 0 Å². The first-order chi connectivity index (χ1) is 8.09. The fourth-order valence-corrected chi connectivity index (χ4v) is 2.56. The van der Waals surface area contributed by atoms with Gasteiger partial charge in [-0.2, -0.15) is 0 Å². The summed E-state index contributed by atoms with van der Waals surface area (Å²) in [4.78, 5) is 12.3. The first-order valence-electron chi connectivity index (χ1n) is 5.85. The number of hydrogen-bond acceptors (Lipinski definition) is 1. The third-order valence-electron chi connectivity index (χ3n) is 3.67. The monoisotopic (exact) mass is 222 g/mol. The van der Waals surface area contributed by atoms with Crippen molar-refractivity contribution in [3.63, 3.8) is 0 Å². The number of benzene rings is 2. The summed E-state index contributed by atoms with van der Waals surface area (Å²) < 4.78 is 0. The van der Waals surface area contributed by atoms with Crippen LogP contribution in [0.15, 0.2) is 30.3 Å². The lowest BCUT2D eigenvalue weighted by Gasteiger charge is -2.07. The van der Waals surface area contributed by atoms with E-state index >= 15 is 0 Å². The molecule has 0 saturated carbocycles. The van der Waals surface area contributed by atoms with Gasteiger partial charge in [-0.15, -0.1) is 0 Å². The van der Waals surface area contributed by atoms with Crippen LogP contribution in [0.25, 0.3) is 11.1 Å². The Kier molecular flexibility index (Phi) is 1.99. The van der Waals surface area contributed by atoms with Gasteiger partial charge in [0, 0.05) is 11.1 Å². The molecule has 0 heterocycles. The SMILES string of the molecule is Cc1ccc2c(c1)C(=O)c1ccc(C)c(C)c1-2. The Balaban J connectivity index is 2.41. The van der Waals surface area contributed by atoms with Crippen molar-refractivity contribution in [2.24, 2.45) is 0 Å². The normalized spacial score (nSPS) is 12.5. The molecule has 3 rings (SSSR count). The number of carbonyl (C=O) groups excluding carboxylic acids is 1.